The maximum atomic E-state index is 13.0. The Morgan fingerprint density at radius 2 is 0.873 bits per heavy atom. The minimum atomic E-state index is -4.43. The molecule has 1 amide bonds. The zero-order valence-electron chi connectivity index (χ0n) is 47.1. The fourth-order valence-electron chi connectivity index (χ4n) is 8.67. The van der Waals surface area contributed by atoms with Gasteiger partial charge in [0.15, 0.2) is 0 Å². The van der Waals surface area contributed by atoms with Crippen LogP contribution in [0.2, 0.25) is 0 Å². The molecule has 0 aliphatic carbocycles. The van der Waals surface area contributed by atoms with Gasteiger partial charge in [0.25, 0.3) is 0 Å². The van der Waals surface area contributed by atoms with Gasteiger partial charge in [-0.05, 0) is 77.0 Å². The van der Waals surface area contributed by atoms with Crippen molar-refractivity contribution in [3.63, 3.8) is 0 Å². The van der Waals surface area contributed by atoms with Crippen molar-refractivity contribution in [3.8, 4) is 0 Å². The van der Waals surface area contributed by atoms with Gasteiger partial charge in [0.2, 0.25) is 5.91 Å². The maximum Gasteiger partial charge on any atom is 0.472 e. The van der Waals surface area contributed by atoms with Gasteiger partial charge >= 0.3 is 7.82 Å². The summed E-state index contributed by atoms with van der Waals surface area (Å²) in [6.07, 6.45) is 66.2. The molecule has 4 atom stereocenters. The molecule has 71 heavy (non-hydrogen) atoms. The first-order chi connectivity index (χ1) is 34.4. The number of carbonyl (C=O) groups excluding carboxylic acids is 1. The fourth-order valence-corrected chi connectivity index (χ4v) is 9.40. The van der Waals surface area contributed by atoms with Crippen LogP contribution in [-0.4, -0.2) is 84.6 Å². The van der Waals surface area contributed by atoms with Gasteiger partial charge in [-0.15, -0.1) is 0 Å². The number of rotatable bonds is 54. The van der Waals surface area contributed by atoms with Gasteiger partial charge in [-0.1, -0.05) is 242 Å². The van der Waals surface area contributed by atoms with Crippen molar-refractivity contribution < 1.29 is 38.0 Å². The zero-order chi connectivity index (χ0) is 52.2. The molecule has 416 valence electrons. The number of quaternary nitrogens is 1. The molecular formula is C61H116N2O7P+. The molecule has 0 aromatic carbocycles. The molecule has 0 aliphatic heterocycles. The fraction of sp³-hybridized carbons (Fsp3) is 0.820. The average Bonchev–Trinajstić information content (AvgIpc) is 3.33. The molecule has 0 radical (unpaired) electrons. The highest BCUT2D eigenvalue weighted by Crippen LogP contribution is 2.43. The summed E-state index contributed by atoms with van der Waals surface area (Å²) in [5, 5.41) is 24.8. The summed E-state index contributed by atoms with van der Waals surface area (Å²) in [5.74, 6) is -0.266. The molecule has 0 heterocycles. The summed E-state index contributed by atoms with van der Waals surface area (Å²) in [4.78, 5) is 23.3. The van der Waals surface area contributed by atoms with Crippen LogP contribution in [0.3, 0.4) is 0 Å². The molecule has 0 fully saturated rings. The van der Waals surface area contributed by atoms with E-state index in [9.17, 15) is 24.5 Å². The van der Waals surface area contributed by atoms with Crippen LogP contribution >= 0.6 is 7.82 Å². The number of hydrogen-bond acceptors (Lipinski definition) is 6. The molecule has 9 nitrogen and oxygen atoms in total. The number of amides is 1. The molecule has 4 unspecified atom stereocenters. The van der Waals surface area contributed by atoms with Crippen LogP contribution < -0.4 is 5.32 Å². The second-order valence-corrected chi connectivity index (χ2v) is 22.9. The van der Waals surface area contributed by atoms with Gasteiger partial charge in [-0.2, -0.15) is 0 Å². The Balaban J connectivity index is 4.03. The molecule has 0 bridgehead atoms. The number of nitrogens with zero attached hydrogens (tertiary/aromatic N) is 1. The number of nitrogens with one attached hydrogen (secondary N) is 1. The van der Waals surface area contributed by atoms with Crippen molar-refractivity contribution in [2.24, 2.45) is 0 Å². The number of likely N-dealkylation sites (N-methyl/N-ethyl adjacent to an activating group) is 1. The predicted molar refractivity (Wildman–Crippen MR) is 306 cm³/mol. The van der Waals surface area contributed by atoms with Gasteiger partial charge in [0, 0.05) is 6.42 Å². The molecule has 0 saturated carbocycles. The quantitative estimate of drug-likeness (QED) is 0.0207. The van der Waals surface area contributed by atoms with E-state index in [0.29, 0.717) is 23.9 Å². The lowest BCUT2D eigenvalue weighted by Gasteiger charge is -2.28. The monoisotopic (exact) mass is 1020 g/mol. The Labute approximate surface area is 439 Å². The summed E-state index contributed by atoms with van der Waals surface area (Å²) in [6.45, 7) is 4.48. The third-order valence-corrected chi connectivity index (χ3v) is 14.3. The number of phosphoric ester groups is 1. The van der Waals surface area contributed by atoms with Crippen LogP contribution in [0.1, 0.15) is 264 Å². The SMILES string of the molecule is CC/C=C\C/C=C\C/C=C\C/C=C\CCCCCCCCCCCCCCCCCCCCCCCCC(=O)NC(COP(=O)(O)OCC[N+](C)(C)C)C(O)C(O)CCC/C=C/CCCCCCCCC. The van der Waals surface area contributed by atoms with Crippen LogP contribution in [0.5, 0.6) is 0 Å². The first-order valence-electron chi connectivity index (χ1n) is 29.7. The first-order valence-corrected chi connectivity index (χ1v) is 31.2. The van der Waals surface area contributed by atoms with Gasteiger partial charge < -0.3 is 24.9 Å². The standard InChI is InChI=1S/C61H115N2O7P/c1-6-8-10-12-14-16-18-20-21-22-23-24-25-26-27-28-29-30-31-32-33-34-35-36-37-38-39-40-41-42-44-46-48-50-52-54-60(65)62-58(57-70-71(67,68)69-56-55-63(3,4)5)61(66)59(64)53-51-49-47-45-43-19-17-15-13-11-9-7-2/h8,10,14,16,20-21,23-24,45,47,58-59,61,64,66H,6-7,9,11-13,15,17-19,22,25-44,46,48-57H2,1-5H3,(H-,62,65,67,68)/p+1/b10-8-,16-14-,21-20-,24-23-,47-45+. The number of carbonyl (C=O) groups is 1. The van der Waals surface area contributed by atoms with E-state index in [1.54, 1.807) is 0 Å². The minimum absolute atomic E-state index is 0.0167. The lowest BCUT2D eigenvalue weighted by molar-refractivity contribution is -0.870. The summed E-state index contributed by atoms with van der Waals surface area (Å²) in [7, 11) is 1.42. The molecule has 10 heteroatoms. The molecular weight excluding hydrogens is 904 g/mol. The van der Waals surface area contributed by atoms with E-state index >= 15 is 0 Å². The van der Waals surface area contributed by atoms with Crippen molar-refractivity contribution in [2.45, 2.75) is 283 Å². The second kappa shape index (κ2) is 51.6. The minimum Gasteiger partial charge on any atom is -0.390 e. The maximum absolute atomic E-state index is 13.0. The average molecular weight is 1020 g/mol. The summed E-state index contributed by atoms with van der Waals surface area (Å²) >= 11 is 0. The molecule has 0 saturated heterocycles. The molecule has 0 spiro atoms. The Morgan fingerprint density at radius 3 is 1.30 bits per heavy atom. The summed E-state index contributed by atoms with van der Waals surface area (Å²) < 4.78 is 23.6. The van der Waals surface area contributed by atoms with Crippen LogP contribution in [0.15, 0.2) is 60.8 Å². The van der Waals surface area contributed by atoms with Crippen LogP contribution in [0.4, 0.5) is 0 Å². The highest BCUT2D eigenvalue weighted by molar-refractivity contribution is 7.47. The molecule has 0 aliphatic rings. The van der Waals surface area contributed by atoms with Crippen LogP contribution in [0.25, 0.3) is 0 Å². The largest absolute Gasteiger partial charge is 0.472 e. The number of hydrogen-bond donors (Lipinski definition) is 4. The first kappa shape index (κ1) is 69.2. The topological polar surface area (TPSA) is 125 Å². The zero-order valence-corrected chi connectivity index (χ0v) is 48.0. The van der Waals surface area contributed by atoms with Crippen LogP contribution in [0, 0.1) is 0 Å². The molecule has 4 N–H and O–H groups in total. The van der Waals surface area contributed by atoms with Gasteiger partial charge in [0.05, 0.1) is 39.9 Å². The van der Waals surface area contributed by atoms with Crippen molar-refractivity contribution in [1.29, 1.82) is 0 Å². The summed E-state index contributed by atoms with van der Waals surface area (Å²) in [6, 6.07) is -1.05. The van der Waals surface area contributed by atoms with Gasteiger partial charge in [-0.25, -0.2) is 4.57 Å². The lowest BCUT2D eigenvalue weighted by Crippen LogP contribution is -2.51. The van der Waals surface area contributed by atoms with Crippen LogP contribution in [-0.2, 0) is 18.4 Å². The van der Waals surface area contributed by atoms with Gasteiger partial charge in [0.1, 0.15) is 19.3 Å². The van der Waals surface area contributed by atoms with Crippen molar-refractivity contribution in [1.82, 2.24) is 5.32 Å². The van der Waals surface area contributed by atoms with E-state index in [1.807, 2.05) is 21.1 Å². The molecule has 0 aromatic heterocycles. The summed E-state index contributed by atoms with van der Waals surface area (Å²) in [5.41, 5.74) is 0. The Kier molecular flexibility index (Phi) is 50.3. The van der Waals surface area contributed by atoms with Gasteiger partial charge in [-0.3, -0.25) is 13.8 Å². The third-order valence-electron chi connectivity index (χ3n) is 13.3. The second-order valence-electron chi connectivity index (χ2n) is 21.5. The van der Waals surface area contributed by atoms with Crippen molar-refractivity contribution in [3.05, 3.63) is 60.8 Å². The van der Waals surface area contributed by atoms with E-state index in [1.165, 1.54) is 173 Å². The highest BCUT2D eigenvalue weighted by atomic mass is 31.2. The number of allylic oxidation sites excluding steroid dienone is 10. The molecule has 0 aromatic rings. The van der Waals surface area contributed by atoms with E-state index in [2.05, 4.69) is 79.9 Å². The smallest absolute Gasteiger partial charge is 0.390 e. The van der Waals surface area contributed by atoms with Crippen molar-refractivity contribution >= 4 is 13.7 Å². The third kappa shape index (κ3) is 52.8. The number of aliphatic hydroxyl groups excluding tert-OH is 2. The van der Waals surface area contributed by atoms with E-state index in [4.69, 9.17) is 9.05 Å². The molecule has 0 rings (SSSR count). The number of phosphoric acid groups is 1. The van der Waals surface area contributed by atoms with E-state index < -0.39 is 32.7 Å². The lowest BCUT2D eigenvalue weighted by atomic mass is 10.0. The van der Waals surface area contributed by atoms with Crippen molar-refractivity contribution in [2.75, 3.05) is 40.9 Å². The van der Waals surface area contributed by atoms with E-state index in [-0.39, 0.29) is 18.9 Å². The number of unbranched alkanes of at least 4 members (excludes halogenated alkanes) is 30. The normalized spacial score (nSPS) is 14.8. The Hall–Kier alpha value is -1.84. The number of aliphatic hydroxyl groups is 2. The Bertz CT molecular complexity index is 1360. The van der Waals surface area contributed by atoms with E-state index in [0.717, 1.165) is 57.8 Å². The Morgan fingerprint density at radius 1 is 0.507 bits per heavy atom. The highest BCUT2D eigenvalue weighted by Gasteiger charge is 2.31. The predicted octanol–water partition coefficient (Wildman–Crippen LogP) is 17.1.